The second-order valence-electron chi connectivity index (χ2n) is 8.54. The zero-order chi connectivity index (χ0) is 22.1. The molecule has 6 heteroatoms. The molecule has 4 rings (SSSR count). The highest BCUT2D eigenvalue weighted by molar-refractivity contribution is 6.46. The number of aliphatic hydroxyl groups excluding tert-OH is 1. The van der Waals surface area contributed by atoms with Crippen molar-refractivity contribution >= 4 is 17.4 Å². The molecule has 1 aliphatic carbocycles. The Morgan fingerprint density at radius 3 is 2.55 bits per heavy atom. The monoisotopic (exact) mass is 420 g/mol. The van der Waals surface area contributed by atoms with Crippen LogP contribution >= 0.6 is 0 Å². The molecule has 2 fully saturated rings. The molecule has 2 heterocycles. The molecule has 162 valence electrons. The number of ketones is 1. The molecule has 1 aromatic heterocycles. The molecule has 2 aromatic rings. The maximum atomic E-state index is 13.2. The van der Waals surface area contributed by atoms with Crippen molar-refractivity contribution in [3.63, 3.8) is 0 Å². The predicted octanol–water partition coefficient (Wildman–Crippen LogP) is 4.58. The SMILES string of the molecule is COc1ccc(/C(O)=C2/C(=O)C(=O)N(C3CCCC3)C2c2cccnc2)cc1C(C)C. The molecular weight excluding hydrogens is 392 g/mol. The number of amides is 1. The van der Waals surface area contributed by atoms with E-state index < -0.39 is 17.7 Å². The van der Waals surface area contributed by atoms with Crippen LogP contribution in [0.15, 0.2) is 48.3 Å². The van der Waals surface area contributed by atoms with Gasteiger partial charge in [-0.2, -0.15) is 0 Å². The Morgan fingerprint density at radius 1 is 1.19 bits per heavy atom. The van der Waals surface area contributed by atoms with Gasteiger partial charge in [0.05, 0.1) is 18.7 Å². The van der Waals surface area contributed by atoms with Gasteiger partial charge in [0.2, 0.25) is 0 Å². The number of carbonyl (C=O) groups is 2. The summed E-state index contributed by atoms with van der Waals surface area (Å²) in [5.41, 5.74) is 2.29. The number of carbonyl (C=O) groups excluding carboxylic acids is 2. The van der Waals surface area contributed by atoms with Gasteiger partial charge in [-0.1, -0.05) is 32.8 Å². The molecule has 0 radical (unpaired) electrons. The molecular formula is C25H28N2O4. The van der Waals surface area contributed by atoms with Crippen molar-refractivity contribution in [2.45, 2.75) is 57.5 Å². The summed E-state index contributed by atoms with van der Waals surface area (Å²) in [7, 11) is 1.61. The van der Waals surface area contributed by atoms with Crippen LogP contribution in [0.2, 0.25) is 0 Å². The molecule has 1 N–H and O–H groups in total. The minimum atomic E-state index is -0.639. The smallest absolute Gasteiger partial charge is 0.295 e. The number of benzene rings is 1. The molecule has 2 aliphatic rings. The number of rotatable bonds is 5. The van der Waals surface area contributed by atoms with Gasteiger partial charge < -0.3 is 14.7 Å². The number of aliphatic hydroxyl groups is 1. The zero-order valence-corrected chi connectivity index (χ0v) is 18.2. The lowest BCUT2D eigenvalue weighted by Gasteiger charge is -2.30. The van der Waals surface area contributed by atoms with E-state index in [0.717, 1.165) is 42.6 Å². The maximum absolute atomic E-state index is 13.2. The number of aromatic nitrogens is 1. The van der Waals surface area contributed by atoms with E-state index in [-0.39, 0.29) is 23.3 Å². The average Bonchev–Trinajstić information content (AvgIpc) is 3.40. The third kappa shape index (κ3) is 3.71. The van der Waals surface area contributed by atoms with Crippen LogP contribution in [0.25, 0.3) is 5.76 Å². The number of hydrogen-bond donors (Lipinski definition) is 1. The van der Waals surface area contributed by atoms with E-state index in [1.165, 1.54) is 0 Å². The van der Waals surface area contributed by atoms with Crippen molar-refractivity contribution in [3.8, 4) is 5.75 Å². The number of nitrogens with zero attached hydrogens (tertiary/aromatic N) is 2. The summed E-state index contributed by atoms with van der Waals surface area (Å²) in [5, 5.41) is 11.3. The number of methoxy groups -OCH3 is 1. The van der Waals surface area contributed by atoms with E-state index in [4.69, 9.17) is 4.74 Å². The van der Waals surface area contributed by atoms with Crippen molar-refractivity contribution in [2.24, 2.45) is 0 Å². The van der Waals surface area contributed by atoms with Gasteiger partial charge in [0.15, 0.2) is 0 Å². The molecule has 1 saturated carbocycles. The standard InChI is InChI=1S/C25H28N2O4/c1-15(2)19-13-16(10-11-20(19)31-3)23(28)21-22(17-7-6-12-26-14-17)27(25(30)24(21)29)18-8-4-5-9-18/h6-7,10-15,18,22,28H,4-5,8-9H2,1-3H3/b23-21-. The lowest BCUT2D eigenvalue weighted by Crippen LogP contribution is -2.37. The Labute approximate surface area is 182 Å². The quantitative estimate of drug-likeness (QED) is 0.435. The van der Waals surface area contributed by atoms with E-state index in [1.807, 2.05) is 26.0 Å². The number of hydrogen-bond acceptors (Lipinski definition) is 5. The van der Waals surface area contributed by atoms with Crippen molar-refractivity contribution < 1.29 is 19.4 Å². The minimum absolute atomic E-state index is 0.00551. The molecule has 1 unspecified atom stereocenters. The Bertz CT molecular complexity index is 1020. The highest BCUT2D eigenvalue weighted by atomic mass is 16.5. The minimum Gasteiger partial charge on any atom is -0.507 e. The maximum Gasteiger partial charge on any atom is 0.295 e. The Hall–Kier alpha value is -3.15. The van der Waals surface area contributed by atoms with Gasteiger partial charge in [0.1, 0.15) is 11.5 Å². The third-order valence-electron chi connectivity index (χ3n) is 6.32. The lowest BCUT2D eigenvalue weighted by atomic mass is 9.93. The lowest BCUT2D eigenvalue weighted by molar-refractivity contribution is -0.141. The van der Waals surface area contributed by atoms with Crippen molar-refractivity contribution in [2.75, 3.05) is 7.11 Å². The van der Waals surface area contributed by atoms with Crippen LogP contribution in [-0.2, 0) is 9.59 Å². The number of ether oxygens (including phenoxy) is 1. The van der Waals surface area contributed by atoms with E-state index in [1.54, 1.807) is 42.6 Å². The van der Waals surface area contributed by atoms with Crippen LogP contribution in [-0.4, -0.2) is 39.8 Å². The normalized spacial score (nSPS) is 21.3. The largest absolute Gasteiger partial charge is 0.507 e. The van der Waals surface area contributed by atoms with Gasteiger partial charge >= 0.3 is 0 Å². The van der Waals surface area contributed by atoms with Crippen LogP contribution in [0.3, 0.4) is 0 Å². The molecule has 1 amide bonds. The predicted molar refractivity (Wildman–Crippen MR) is 118 cm³/mol. The van der Waals surface area contributed by atoms with Gasteiger partial charge in [0.25, 0.3) is 11.7 Å². The second-order valence-corrected chi connectivity index (χ2v) is 8.54. The molecule has 1 saturated heterocycles. The van der Waals surface area contributed by atoms with Gasteiger partial charge in [-0.3, -0.25) is 14.6 Å². The number of Topliss-reactive ketones (excluding diaryl/α,β-unsaturated/α-hetero) is 1. The summed E-state index contributed by atoms with van der Waals surface area (Å²) >= 11 is 0. The topological polar surface area (TPSA) is 79.7 Å². The molecule has 31 heavy (non-hydrogen) atoms. The van der Waals surface area contributed by atoms with Gasteiger partial charge in [0, 0.05) is 24.0 Å². The van der Waals surface area contributed by atoms with E-state index in [9.17, 15) is 14.7 Å². The third-order valence-corrected chi connectivity index (χ3v) is 6.32. The molecule has 0 bridgehead atoms. The first-order valence-corrected chi connectivity index (χ1v) is 10.8. The van der Waals surface area contributed by atoms with Crippen LogP contribution in [0, 0.1) is 0 Å². The number of likely N-dealkylation sites (tertiary alicyclic amines) is 1. The Balaban J connectivity index is 1.88. The molecule has 1 atom stereocenters. The highest BCUT2D eigenvalue weighted by Crippen LogP contribution is 2.43. The first-order valence-electron chi connectivity index (χ1n) is 10.8. The zero-order valence-electron chi connectivity index (χ0n) is 18.2. The molecule has 6 nitrogen and oxygen atoms in total. The fourth-order valence-corrected chi connectivity index (χ4v) is 4.76. The Kier molecular flexibility index (Phi) is 5.81. The van der Waals surface area contributed by atoms with Crippen molar-refractivity contribution in [3.05, 3.63) is 65.0 Å². The average molecular weight is 421 g/mol. The van der Waals surface area contributed by atoms with E-state index >= 15 is 0 Å². The fraction of sp³-hybridized carbons (Fsp3) is 0.400. The van der Waals surface area contributed by atoms with Crippen LogP contribution in [0.1, 0.15) is 68.2 Å². The summed E-state index contributed by atoms with van der Waals surface area (Å²) < 4.78 is 5.44. The number of pyridine rings is 1. The highest BCUT2D eigenvalue weighted by Gasteiger charge is 2.49. The molecule has 1 aliphatic heterocycles. The summed E-state index contributed by atoms with van der Waals surface area (Å²) in [6.45, 7) is 4.08. The van der Waals surface area contributed by atoms with E-state index in [2.05, 4.69) is 4.98 Å². The van der Waals surface area contributed by atoms with E-state index in [0.29, 0.717) is 5.56 Å². The van der Waals surface area contributed by atoms with Gasteiger partial charge in [-0.05, 0) is 54.2 Å². The van der Waals surface area contributed by atoms with Crippen molar-refractivity contribution in [1.29, 1.82) is 0 Å². The van der Waals surface area contributed by atoms with Crippen LogP contribution < -0.4 is 4.74 Å². The first kappa shape index (κ1) is 21.1. The van der Waals surface area contributed by atoms with Crippen LogP contribution in [0.5, 0.6) is 5.75 Å². The van der Waals surface area contributed by atoms with Crippen molar-refractivity contribution in [1.82, 2.24) is 9.88 Å². The van der Waals surface area contributed by atoms with Gasteiger partial charge in [-0.15, -0.1) is 0 Å². The Morgan fingerprint density at radius 2 is 1.94 bits per heavy atom. The molecule has 0 spiro atoms. The second kappa shape index (κ2) is 8.53. The van der Waals surface area contributed by atoms with Gasteiger partial charge in [-0.25, -0.2) is 0 Å². The summed E-state index contributed by atoms with van der Waals surface area (Å²) in [6, 6.07) is 8.35. The van der Waals surface area contributed by atoms with Crippen LogP contribution in [0.4, 0.5) is 0 Å². The first-order chi connectivity index (χ1) is 14.9. The summed E-state index contributed by atoms with van der Waals surface area (Å²) in [6.07, 6.45) is 7.12. The summed E-state index contributed by atoms with van der Waals surface area (Å²) in [4.78, 5) is 32.1. The fourth-order valence-electron chi connectivity index (χ4n) is 4.76. The molecule has 1 aromatic carbocycles. The summed E-state index contributed by atoms with van der Waals surface area (Å²) in [5.74, 6) is -0.447.